The Morgan fingerprint density at radius 2 is 1.93 bits per heavy atom. The highest BCUT2D eigenvalue weighted by molar-refractivity contribution is 6.30. The van der Waals surface area contributed by atoms with Crippen molar-refractivity contribution in [1.82, 2.24) is 14.8 Å². The zero-order chi connectivity index (χ0) is 21.0. The van der Waals surface area contributed by atoms with E-state index in [9.17, 15) is 18.0 Å². The molecule has 0 amide bonds. The number of hydrogen-bond donors (Lipinski definition) is 1. The molecule has 0 saturated carbocycles. The molecule has 2 aromatic heterocycles. The van der Waals surface area contributed by atoms with Gasteiger partial charge in [-0.1, -0.05) is 23.7 Å². The molecule has 1 aromatic carbocycles. The summed E-state index contributed by atoms with van der Waals surface area (Å²) in [5.41, 5.74) is 1.51. The minimum absolute atomic E-state index is 0.0612. The number of alkyl halides is 3. The second-order valence-electron chi connectivity index (χ2n) is 7.22. The minimum atomic E-state index is -4.71. The third-order valence-electron chi connectivity index (χ3n) is 5.30. The van der Waals surface area contributed by atoms with Gasteiger partial charge in [0.15, 0.2) is 5.78 Å². The SMILES string of the molecule is O=C1C[C@H](c2ccco2)CC2=C1[C@@H](c1ccc(Cl)cc1)n1nc(C(F)(F)F)nc1N2. The first kappa shape index (κ1) is 18.9. The Hall–Kier alpha value is -3.07. The lowest BCUT2D eigenvalue weighted by Gasteiger charge is -2.34. The van der Waals surface area contributed by atoms with Crippen molar-refractivity contribution in [3.05, 3.63) is 76.1 Å². The molecule has 1 N–H and O–H groups in total. The van der Waals surface area contributed by atoms with Crippen LogP contribution >= 0.6 is 11.6 Å². The quantitative estimate of drug-likeness (QED) is 0.617. The first-order valence-electron chi connectivity index (χ1n) is 9.17. The standard InChI is InChI=1S/C20H14ClF3N4O2/c21-12-5-3-10(4-6-12)17-16-13(8-11(9-14(16)29)15-2-1-7-30-15)25-19-26-18(20(22,23)24)27-28(17)19/h1-7,11,17H,8-9H2,(H,25,26,27)/t11-,17-/m1/s1. The van der Waals surface area contributed by atoms with Crippen LogP contribution in [-0.2, 0) is 11.0 Å². The molecule has 0 fully saturated rings. The van der Waals surface area contributed by atoms with Gasteiger partial charge in [-0.25, -0.2) is 4.68 Å². The third-order valence-corrected chi connectivity index (χ3v) is 5.56. The molecule has 10 heteroatoms. The number of allylic oxidation sites excluding steroid dienone is 2. The summed E-state index contributed by atoms with van der Waals surface area (Å²) in [4.78, 5) is 16.8. The topological polar surface area (TPSA) is 73.0 Å². The lowest BCUT2D eigenvalue weighted by Crippen LogP contribution is -2.33. The van der Waals surface area contributed by atoms with Crippen LogP contribution in [-0.4, -0.2) is 20.5 Å². The number of nitrogens with zero attached hydrogens (tertiary/aromatic N) is 3. The van der Waals surface area contributed by atoms with Gasteiger partial charge in [-0.15, -0.1) is 5.10 Å². The molecule has 3 aromatic rings. The Bertz CT molecular complexity index is 1150. The first-order chi connectivity index (χ1) is 14.3. The molecule has 3 heterocycles. The Balaban J connectivity index is 1.64. The van der Waals surface area contributed by atoms with Crippen molar-refractivity contribution >= 4 is 23.3 Å². The molecule has 154 valence electrons. The number of benzene rings is 1. The van der Waals surface area contributed by atoms with Crippen molar-refractivity contribution in [1.29, 1.82) is 0 Å². The van der Waals surface area contributed by atoms with Crippen molar-refractivity contribution in [3.63, 3.8) is 0 Å². The van der Waals surface area contributed by atoms with Gasteiger partial charge in [-0.05, 0) is 36.2 Å². The van der Waals surface area contributed by atoms with Crippen molar-refractivity contribution in [2.75, 3.05) is 5.32 Å². The summed E-state index contributed by atoms with van der Waals surface area (Å²) in [6.45, 7) is 0. The maximum absolute atomic E-state index is 13.3. The van der Waals surface area contributed by atoms with Gasteiger partial charge in [-0.2, -0.15) is 18.2 Å². The molecule has 6 nitrogen and oxygen atoms in total. The van der Waals surface area contributed by atoms with Gasteiger partial charge in [0, 0.05) is 28.6 Å². The van der Waals surface area contributed by atoms with Crippen molar-refractivity contribution in [2.24, 2.45) is 0 Å². The van der Waals surface area contributed by atoms with Crippen LogP contribution in [0.1, 0.15) is 41.9 Å². The van der Waals surface area contributed by atoms with E-state index in [-0.39, 0.29) is 24.1 Å². The summed E-state index contributed by atoms with van der Waals surface area (Å²) >= 11 is 5.97. The number of hydrogen-bond acceptors (Lipinski definition) is 5. The fraction of sp³-hybridized carbons (Fsp3) is 0.250. The molecule has 0 bridgehead atoms. The molecular weight excluding hydrogens is 421 g/mol. The number of carbonyl (C=O) groups is 1. The second kappa shape index (κ2) is 6.73. The number of rotatable bonds is 2. The lowest BCUT2D eigenvalue weighted by molar-refractivity contribution is -0.145. The summed E-state index contributed by atoms with van der Waals surface area (Å²) in [6, 6.07) is 9.29. The van der Waals surface area contributed by atoms with E-state index in [1.807, 2.05) is 0 Å². The number of anilines is 1. The number of Topliss-reactive ketones (excluding diaryl/α,β-unsaturated/α-hetero) is 1. The summed E-state index contributed by atoms with van der Waals surface area (Å²) in [5.74, 6) is -1.06. The fourth-order valence-corrected chi connectivity index (χ4v) is 4.14. The first-order valence-corrected chi connectivity index (χ1v) is 9.55. The van der Waals surface area contributed by atoms with Gasteiger partial charge in [0.1, 0.15) is 11.8 Å². The molecule has 30 heavy (non-hydrogen) atoms. The zero-order valence-corrected chi connectivity index (χ0v) is 16.0. The molecule has 0 radical (unpaired) electrons. The smallest absolute Gasteiger partial charge is 0.453 e. The largest absolute Gasteiger partial charge is 0.469 e. The number of halogens is 4. The molecular formula is C20H14ClF3N4O2. The van der Waals surface area contributed by atoms with Crippen LogP contribution < -0.4 is 5.32 Å². The Morgan fingerprint density at radius 3 is 2.60 bits per heavy atom. The Morgan fingerprint density at radius 1 is 1.17 bits per heavy atom. The molecule has 2 aliphatic rings. The van der Waals surface area contributed by atoms with Gasteiger partial charge in [0.25, 0.3) is 5.82 Å². The summed E-state index contributed by atoms with van der Waals surface area (Å²) < 4.78 is 46.4. The molecule has 2 atom stereocenters. The number of nitrogens with one attached hydrogen (secondary N) is 1. The van der Waals surface area contributed by atoms with Gasteiger partial charge >= 0.3 is 6.18 Å². The minimum Gasteiger partial charge on any atom is -0.469 e. The van der Waals surface area contributed by atoms with E-state index in [4.69, 9.17) is 16.0 Å². The van der Waals surface area contributed by atoms with Gasteiger partial charge in [0.2, 0.25) is 5.95 Å². The summed E-state index contributed by atoms with van der Waals surface area (Å²) in [6.07, 6.45) is -2.58. The van der Waals surface area contributed by atoms with E-state index in [0.717, 1.165) is 4.68 Å². The molecule has 1 aliphatic carbocycles. The number of ketones is 1. The van der Waals surface area contributed by atoms with E-state index in [2.05, 4.69) is 15.4 Å². The molecule has 5 rings (SSSR count). The maximum Gasteiger partial charge on any atom is 0.453 e. The van der Waals surface area contributed by atoms with Crippen LogP contribution in [0, 0.1) is 0 Å². The highest BCUT2D eigenvalue weighted by Crippen LogP contribution is 2.44. The predicted molar refractivity (Wildman–Crippen MR) is 101 cm³/mol. The van der Waals surface area contributed by atoms with Crippen LogP contribution in [0.15, 0.2) is 58.3 Å². The van der Waals surface area contributed by atoms with Crippen LogP contribution in [0.2, 0.25) is 5.02 Å². The lowest BCUT2D eigenvalue weighted by atomic mass is 9.79. The highest BCUT2D eigenvalue weighted by atomic mass is 35.5. The van der Waals surface area contributed by atoms with Crippen LogP contribution in [0.3, 0.4) is 0 Å². The zero-order valence-electron chi connectivity index (χ0n) is 15.3. The summed E-state index contributed by atoms with van der Waals surface area (Å²) in [7, 11) is 0. The van der Waals surface area contributed by atoms with Crippen molar-refractivity contribution in [3.8, 4) is 0 Å². The average Bonchev–Trinajstić information content (AvgIpc) is 3.36. The number of furan rings is 1. The van der Waals surface area contributed by atoms with Gasteiger partial charge in [-0.3, -0.25) is 4.79 Å². The Labute approximate surface area is 173 Å². The molecule has 0 spiro atoms. The predicted octanol–water partition coefficient (Wildman–Crippen LogP) is 4.96. The van der Waals surface area contributed by atoms with Crippen LogP contribution in [0.4, 0.5) is 19.1 Å². The van der Waals surface area contributed by atoms with Crippen molar-refractivity contribution < 1.29 is 22.4 Å². The van der Waals surface area contributed by atoms with E-state index >= 15 is 0 Å². The summed E-state index contributed by atoms with van der Waals surface area (Å²) in [5, 5.41) is 7.06. The van der Waals surface area contributed by atoms with Gasteiger partial charge < -0.3 is 9.73 Å². The molecule has 0 saturated heterocycles. The molecule has 1 aliphatic heterocycles. The monoisotopic (exact) mass is 434 g/mol. The van der Waals surface area contributed by atoms with E-state index in [1.54, 1.807) is 36.4 Å². The van der Waals surface area contributed by atoms with Crippen LogP contribution in [0.5, 0.6) is 0 Å². The number of fused-ring (bicyclic) bond motifs is 1. The third kappa shape index (κ3) is 3.09. The normalized spacial score (nSPS) is 21.3. The highest BCUT2D eigenvalue weighted by Gasteiger charge is 2.43. The van der Waals surface area contributed by atoms with E-state index < -0.39 is 18.0 Å². The number of carbonyl (C=O) groups excluding carboxylic acids is 1. The Kier molecular flexibility index (Phi) is 4.25. The second-order valence-corrected chi connectivity index (χ2v) is 7.65. The molecule has 0 unspecified atom stereocenters. The van der Waals surface area contributed by atoms with Gasteiger partial charge in [0.05, 0.1) is 6.26 Å². The fourth-order valence-electron chi connectivity index (χ4n) is 4.01. The maximum atomic E-state index is 13.3. The van der Waals surface area contributed by atoms with Crippen molar-refractivity contribution in [2.45, 2.75) is 31.0 Å². The van der Waals surface area contributed by atoms with Crippen LogP contribution in [0.25, 0.3) is 0 Å². The average molecular weight is 435 g/mol. The van der Waals surface area contributed by atoms with E-state index in [1.165, 1.54) is 6.26 Å². The van der Waals surface area contributed by atoms with E-state index in [0.29, 0.717) is 34.0 Å². The number of aromatic nitrogens is 3.